The standard InChI is InChI=1S/C18H26ClN3O3/c1-3-22(2)8-15(23)20-17-10-18(11-17,12-17)21-16(24)9-25-14-6-4-13(19)5-7-14/h4-7,15,20,23H,3,8-12H2,1-2H3,(H,21,24). The molecule has 138 valence electrons. The second-order valence-corrected chi connectivity index (χ2v) is 7.83. The van der Waals surface area contributed by atoms with Crippen LogP contribution in [0.2, 0.25) is 5.02 Å². The van der Waals surface area contributed by atoms with Gasteiger partial charge >= 0.3 is 0 Å². The van der Waals surface area contributed by atoms with Crippen molar-refractivity contribution in [3.05, 3.63) is 29.3 Å². The number of hydrogen-bond donors (Lipinski definition) is 3. The van der Waals surface area contributed by atoms with Crippen LogP contribution in [0.1, 0.15) is 26.2 Å². The van der Waals surface area contributed by atoms with E-state index in [4.69, 9.17) is 16.3 Å². The summed E-state index contributed by atoms with van der Waals surface area (Å²) in [4.78, 5) is 14.2. The minimum Gasteiger partial charge on any atom is -0.484 e. The van der Waals surface area contributed by atoms with Gasteiger partial charge in [-0.15, -0.1) is 0 Å². The van der Waals surface area contributed by atoms with E-state index in [0.717, 1.165) is 25.8 Å². The van der Waals surface area contributed by atoms with Crippen molar-refractivity contribution in [2.75, 3.05) is 26.7 Å². The molecule has 1 amide bonds. The molecule has 3 N–H and O–H groups in total. The lowest BCUT2D eigenvalue weighted by Crippen LogP contribution is -2.84. The molecule has 4 rings (SSSR count). The van der Waals surface area contributed by atoms with Crippen molar-refractivity contribution in [1.29, 1.82) is 0 Å². The third-order valence-corrected chi connectivity index (χ3v) is 5.37. The third kappa shape index (κ3) is 4.26. The quantitative estimate of drug-likeness (QED) is 0.575. The van der Waals surface area contributed by atoms with Gasteiger partial charge in [0.1, 0.15) is 12.0 Å². The first-order valence-corrected chi connectivity index (χ1v) is 9.05. The number of rotatable bonds is 9. The highest BCUT2D eigenvalue weighted by atomic mass is 35.5. The fourth-order valence-electron chi connectivity index (χ4n) is 3.91. The maximum atomic E-state index is 12.1. The molecule has 7 heteroatoms. The summed E-state index contributed by atoms with van der Waals surface area (Å²) < 4.78 is 5.47. The number of benzene rings is 1. The Balaban J connectivity index is 1.37. The summed E-state index contributed by atoms with van der Waals surface area (Å²) in [5, 5.41) is 17.1. The first-order valence-electron chi connectivity index (χ1n) is 8.67. The topological polar surface area (TPSA) is 73.8 Å². The average molecular weight is 368 g/mol. The monoisotopic (exact) mass is 367 g/mol. The number of ether oxygens (including phenoxy) is 1. The van der Waals surface area contributed by atoms with E-state index in [0.29, 0.717) is 17.3 Å². The van der Waals surface area contributed by atoms with Crippen molar-refractivity contribution >= 4 is 17.5 Å². The van der Waals surface area contributed by atoms with Gasteiger partial charge in [0.15, 0.2) is 6.61 Å². The number of carbonyl (C=O) groups excluding carboxylic acids is 1. The van der Waals surface area contributed by atoms with E-state index >= 15 is 0 Å². The van der Waals surface area contributed by atoms with Crippen LogP contribution in [0.3, 0.4) is 0 Å². The van der Waals surface area contributed by atoms with Crippen molar-refractivity contribution in [2.45, 2.75) is 43.5 Å². The average Bonchev–Trinajstić information content (AvgIpc) is 2.51. The van der Waals surface area contributed by atoms with Crippen LogP contribution in [0.5, 0.6) is 5.75 Å². The zero-order valence-electron chi connectivity index (χ0n) is 14.7. The van der Waals surface area contributed by atoms with Crippen LogP contribution in [0.25, 0.3) is 0 Å². The molecule has 0 aromatic heterocycles. The number of nitrogens with zero attached hydrogens (tertiary/aromatic N) is 1. The predicted molar refractivity (Wildman–Crippen MR) is 96.7 cm³/mol. The maximum absolute atomic E-state index is 12.1. The molecular formula is C18H26ClN3O3. The van der Waals surface area contributed by atoms with E-state index in [1.165, 1.54) is 0 Å². The summed E-state index contributed by atoms with van der Waals surface area (Å²) in [7, 11) is 1.98. The Morgan fingerprint density at radius 2 is 1.96 bits per heavy atom. The zero-order chi connectivity index (χ0) is 18.1. The molecule has 6 nitrogen and oxygen atoms in total. The summed E-state index contributed by atoms with van der Waals surface area (Å²) in [5.74, 6) is 0.507. The lowest BCUT2D eigenvalue weighted by atomic mass is 9.44. The molecule has 3 fully saturated rings. The molecule has 0 saturated heterocycles. The Hall–Kier alpha value is -1.34. The van der Waals surface area contributed by atoms with E-state index in [1.807, 2.05) is 7.05 Å². The van der Waals surface area contributed by atoms with Gasteiger partial charge in [-0.1, -0.05) is 18.5 Å². The SMILES string of the molecule is CCN(C)CC(O)NC12CC(NC(=O)COc3ccc(Cl)cc3)(C1)C2. The molecule has 0 heterocycles. The molecule has 1 aromatic rings. The summed E-state index contributed by atoms with van der Waals surface area (Å²) in [6.07, 6.45) is 2.05. The predicted octanol–water partition coefficient (Wildman–Crippen LogP) is 1.37. The van der Waals surface area contributed by atoms with Crippen LogP contribution in [-0.4, -0.2) is 60.0 Å². The fourth-order valence-corrected chi connectivity index (χ4v) is 4.03. The lowest BCUT2D eigenvalue weighted by molar-refractivity contribution is -0.151. The molecule has 2 bridgehead atoms. The van der Waals surface area contributed by atoms with Gasteiger partial charge in [0.05, 0.1) is 0 Å². The van der Waals surface area contributed by atoms with Crippen LogP contribution in [0.4, 0.5) is 0 Å². The van der Waals surface area contributed by atoms with Crippen molar-refractivity contribution in [3.63, 3.8) is 0 Å². The van der Waals surface area contributed by atoms with Gasteiger partial charge in [0.2, 0.25) is 0 Å². The summed E-state index contributed by atoms with van der Waals surface area (Å²) >= 11 is 5.82. The number of halogens is 1. The Bertz CT molecular complexity index is 603. The van der Waals surface area contributed by atoms with Crippen molar-refractivity contribution in [3.8, 4) is 5.75 Å². The molecule has 1 aromatic carbocycles. The molecule has 3 aliphatic rings. The van der Waals surface area contributed by atoms with Gasteiger partial charge in [0, 0.05) is 22.6 Å². The highest BCUT2D eigenvalue weighted by Crippen LogP contribution is 2.60. The highest BCUT2D eigenvalue weighted by molar-refractivity contribution is 6.30. The smallest absolute Gasteiger partial charge is 0.258 e. The van der Waals surface area contributed by atoms with Crippen molar-refractivity contribution in [1.82, 2.24) is 15.5 Å². The maximum Gasteiger partial charge on any atom is 0.258 e. The van der Waals surface area contributed by atoms with Gasteiger partial charge in [-0.3, -0.25) is 10.1 Å². The number of likely N-dealkylation sites (N-methyl/N-ethyl adjacent to an activating group) is 1. The van der Waals surface area contributed by atoms with E-state index < -0.39 is 6.23 Å². The molecule has 25 heavy (non-hydrogen) atoms. The van der Waals surface area contributed by atoms with Crippen LogP contribution >= 0.6 is 11.6 Å². The Labute approximate surface area is 153 Å². The van der Waals surface area contributed by atoms with Crippen molar-refractivity contribution in [2.24, 2.45) is 0 Å². The molecule has 0 aliphatic heterocycles. The normalized spacial score (nSPS) is 28.0. The van der Waals surface area contributed by atoms with Crippen LogP contribution in [0.15, 0.2) is 24.3 Å². The lowest BCUT2D eigenvalue weighted by Gasteiger charge is -2.71. The van der Waals surface area contributed by atoms with Gasteiger partial charge in [-0.2, -0.15) is 0 Å². The fraction of sp³-hybridized carbons (Fsp3) is 0.611. The number of carbonyl (C=O) groups is 1. The summed E-state index contributed by atoms with van der Waals surface area (Å²) in [6, 6.07) is 6.94. The largest absolute Gasteiger partial charge is 0.484 e. The van der Waals surface area contributed by atoms with Gasteiger partial charge in [-0.25, -0.2) is 0 Å². The first-order chi connectivity index (χ1) is 11.8. The number of nitrogens with one attached hydrogen (secondary N) is 2. The van der Waals surface area contributed by atoms with E-state index in [9.17, 15) is 9.90 Å². The molecular weight excluding hydrogens is 342 g/mol. The molecule has 1 atom stereocenters. The summed E-state index contributed by atoms with van der Waals surface area (Å²) in [5.41, 5.74) is -0.137. The Kier molecular flexibility index (Phi) is 5.25. The van der Waals surface area contributed by atoms with Gasteiger partial charge in [0.25, 0.3) is 5.91 Å². The Morgan fingerprint density at radius 3 is 2.56 bits per heavy atom. The van der Waals surface area contributed by atoms with E-state index in [1.54, 1.807) is 24.3 Å². The minimum absolute atomic E-state index is 0.00622. The highest BCUT2D eigenvalue weighted by Gasteiger charge is 2.68. The molecule has 3 aliphatic carbocycles. The Morgan fingerprint density at radius 1 is 1.32 bits per heavy atom. The molecule has 0 spiro atoms. The van der Waals surface area contributed by atoms with E-state index in [2.05, 4.69) is 22.5 Å². The molecule has 3 saturated carbocycles. The number of hydrogen-bond acceptors (Lipinski definition) is 5. The third-order valence-electron chi connectivity index (χ3n) is 5.12. The number of aliphatic hydroxyl groups excluding tert-OH is 1. The summed E-state index contributed by atoms with van der Waals surface area (Å²) in [6.45, 7) is 3.56. The van der Waals surface area contributed by atoms with Gasteiger partial charge in [-0.05, 0) is 57.1 Å². The van der Waals surface area contributed by atoms with Crippen LogP contribution in [0, 0.1) is 0 Å². The second kappa shape index (κ2) is 7.11. The number of amides is 1. The van der Waals surface area contributed by atoms with Crippen LogP contribution in [-0.2, 0) is 4.79 Å². The second-order valence-electron chi connectivity index (χ2n) is 7.40. The molecule has 1 unspecified atom stereocenters. The van der Waals surface area contributed by atoms with Crippen molar-refractivity contribution < 1.29 is 14.6 Å². The minimum atomic E-state index is -0.535. The van der Waals surface area contributed by atoms with E-state index in [-0.39, 0.29) is 23.6 Å². The zero-order valence-corrected chi connectivity index (χ0v) is 15.5. The van der Waals surface area contributed by atoms with Crippen LogP contribution < -0.4 is 15.4 Å². The molecule has 0 radical (unpaired) electrons. The van der Waals surface area contributed by atoms with Gasteiger partial charge < -0.3 is 20.1 Å². The number of aliphatic hydroxyl groups is 1. The first kappa shape index (κ1) is 18.5.